The van der Waals surface area contributed by atoms with Gasteiger partial charge in [-0.1, -0.05) is 26.2 Å². The van der Waals surface area contributed by atoms with E-state index in [4.69, 9.17) is 4.98 Å². The number of hydrogen-bond acceptors (Lipinski definition) is 5. The molecule has 1 aliphatic heterocycles. The van der Waals surface area contributed by atoms with Crippen molar-refractivity contribution < 1.29 is 14.7 Å². The molecule has 0 radical (unpaired) electrons. The number of aliphatic carboxylic acids is 1. The molecule has 2 fully saturated rings. The summed E-state index contributed by atoms with van der Waals surface area (Å²) in [5.74, 6) is 1.01. The summed E-state index contributed by atoms with van der Waals surface area (Å²) in [5.41, 5.74) is 0.000920. The first-order valence-corrected chi connectivity index (χ1v) is 11.8. The van der Waals surface area contributed by atoms with Crippen LogP contribution in [-0.2, 0) is 4.79 Å². The third kappa shape index (κ3) is 5.44. The number of hydrogen-bond donors (Lipinski definition) is 2. The predicted molar refractivity (Wildman–Crippen MR) is 117 cm³/mol. The largest absolute Gasteiger partial charge is 0.481 e. The first kappa shape index (κ1) is 21.9. The second-order valence-corrected chi connectivity index (χ2v) is 9.62. The molecule has 1 saturated heterocycles. The van der Waals surface area contributed by atoms with Crippen molar-refractivity contribution in [3.8, 4) is 0 Å². The minimum Gasteiger partial charge on any atom is -0.481 e. The quantitative estimate of drug-likeness (QED) is 0.640. The van der Waals surface area contributed by atoms with Crippen molar-refractivity contribution in [1.29, 1.82) is 0 Å². The van der Waals surface area contributed by atoms with Gasteiger partial charge in [-0.05, 0) is 56.9 Å². The van der Waals surface area contributed by atoms with Gasteiger partial charge in [0, 0.05) is 19.1 Å². The molecule has 1 aliphatic carbocycles. The Bertz CT molecular complexity index is 726. The number of carbonyl (C=O) groups excluding carboxylic acids is 1. The molecule has 29 heavy (non-hydrogen) atoms. The molecule has 6 nitrogen and oxygen atoms in total. The van der Waals surface area contributed by atoms with Gasteiger partial charge < -0.3 is 15.3 Å². The fraction of sp³-hybridized carbons (Fsp3) is 0.682. The molecule has 2 aliphatic rings. The smallest absolute Gasteiger partial charge is 0.309 e. The Morgan fingerprint density at radius 2 is 1.93 bits per heavy atom. The molecule has 0 spiro atoms. The van der Waals surface area contributed by atoms with Crippen LogP contribution in [0.1, 0.15) is 75.6 Å². The average Bonchev–Trinajstić information content (AvgIpc) is 2.73. The number of carbonyl (C=O) groups is 2. The minimum atomic E-state index is -0.723. The summed E-state index contributed by atoms with van der Waals surface area (Å²) in [6, 6.07) is 4.08. The van der Waals surface area contributed by atoms with E-state index in [1.54, 1.807) is 11.8 Å². The van der Waals surface area contributed by atoms with Gasteiger partial charge in [0.2, 0.25) is 0 Å². The molecule has 2 N–H and O–H groups in total. The van der Waals surface area contributed by atoms with Crippen LogP contribution in [0.15, 0.2) is 17.2 Å². The van der Waals surface area contributed by atoms with Crippen LogP contribution < -0.4 is 10.2 Å². The molecular weight excluding hydrogens is 386 g/mol. The van der Waals surface area contributed by atoms with Crippen molar-refractivity contribution in [3.05, 3.63) is 17.7 Å². The molecule has 0 bridgehead atoms. The lowest BCUT2D eigenvalue weighted by Gasteiger charge is -2.37. The van der Waals surface area contributed by atoms with Crippen LogP contribution in [0.4, 0.5) is 5.82 Å². The Labute approximate surface area is 177 Å². The van der Waals surface area contributed by atoms with Gasteiger partial charge in [-0.15, -0.1) is 11.8 Å². The fourth-order valence-electron chi connectivity index (χ4n) is 4.04. The highest BCUT2D eigenvalue weighted by molar-refractivity contribution is 7.99. The Hall–Kier alpha value is -1.76. The number of carboxylic acids is 1. The van der Waals surface area contributed by atoms with Gasteiger partial charge in [0.25, 0.3) is 5.91 Å². The number of pyridine rings is 1. The van der Waals surface area contributed by atoms with Crippen molar-refractivity contribution in [2.75, 3.05) is 23.7 Å². The Balaban J connectivity index is 1.73. The maximum Gasteiger partial charge on any atom is 0.309 e. The van der Waals surface area contributed by atoms with E-state index in [0.717, 1.165) is 35.9 Å². The van der Waals surface area contributed by atoms with Crippen molar-refractivity contribution in [1.82, 2.24) is 10.3 Å². The zero-order chi connectivity index (χ0) is 20.9. The molecule has 0 aromatic carbocycles. The van der Waals surface area contributed by atoms with Crippen LogP contribution >= 0.6 is 11.8 Å². The predicted octanol–water partition coefficient (Wildman–Crippen LogP) is 4.34. The third-order valence-corrected chi connectivity index (χ3v) is 7.38. The van der Waals surface area contributed by atoms with E-state index in [1.165, 1.54) is 19.3 Å². The van der Waals surface area contributed by atoms with Crippen LogP contribution in [0, 0.1) is 5.41 Å². The summed E-state index contributed by atoms with van der Waals surface area (Å²) < 4.78 is 0. The SMILES string of the molecule is CCCSc1nc(N2CCC(C)(C(=O)O)CC2)ccc1C(=O)NC1CCCCC1. The maximum absolute atomic E-state index is 12.9. The molecule has 1 aromatic heterocycles. The summed E-state index contributed by atoms with van der Waals surface area (Å²) in [5, 5.41) is 13.4. The third-order valence-electron chi connectivity index (χ3n) is 6.18. The van der Waals surface area contributed by atoms with Gasteiger partial charge in [0.1, 0.15) is 10.8 Å². The highest BCUT2D eigenvalue weighted by atomic mass is 32.2. The number of anilines is 1. The Morgan fingerprint density at radius 3 is 2.55 bits per heavy atom. The lowest BCUT2D eigenvalue weighted by Crippen LogP contribution is -2.43. The standard InChI is InChI=1S/C22H33N3O3S/c1-3-15-29-20-17(19(26)23-16-7-5-4-6-8-16)9-10-18(24-20)25-13-11-22(2,12-14-25)21(27)28/h9-10,16H,3-8,11-15H2,1-2H3,(H,23,26)(H,27,28). The number of aromatic nitrogens is 1. The maximum atomic E-state index is 12.9. The molecule has 0 unspecified atom stereocenters. The number of thioether (sulfide) groups is 1. The number of nitrogens with zero attached hydrogens (tertiary/aromatic N) is 2. The van der Waals surface area contributed by atoms with E-state index in [9.17, 15) is 14.7 Å². The van der Waals surface area contributed by atoms with Gasteiger partial charge in [-0.25, -0.2) is 4.98 Å². The normalized spacial score (nSPS) is 19.7. The molecule has 3 rings (SSSR count). The number of nitrogens with one attached hydrogen (secondary N) is 1. The van der Waals surface area contributed by atoms with Crippen LogP contribution in [0.25, 0.3) is 0 Å². The summed E-state index contributed by atoms with van der Waals surface area (Å²) in [7, 11) is 0. The van der Waals surface area contributed by atoms with Crippen molar-refractivity contribution in [2.45, 2.75) is 76.3 Å². The molecule has 1 aromatic rings. The summed E-state index contributed by atoms with van der Waals surface area (Å²) in [6.45, 7) is 5.28. The molecule has 1 amide bonds. The summed E-state index contributed by atoms with van der Waals surface area (Å²) >= 11 is 1.63. The minimum absolute atomic E-state index is 0.0216. The molecule has 2 heterocycles. The average molecular weight is 420 g/mol. The molecule has 1 saturated carbocycles. The van der Waals surface area contributed by atoms with Gasteiger partial charge >= 0.3 is 5.97 Å². The second kappa shape index (κ2) is 9.83. The molecular formula is C22H33N3O3S. The Kier molecular flexibility index (Phi) is 7.44. The van der Waals surface area contributed by atoms with E-state index in [-0.39, 0.29) is 11.9 Å². The number of rotatable bonds is 7. The zero-order valence-electron chi connectivity index (χ0n) is 17.6. The molecule has 7 heteroatoms. The van der Waals surface area contributed by atoms with E-state index >= 15 is 0 Å². The van der Waals surface area contributed by atoms with Crippen molar-refractivity contribution in [3.63, 3.8) is 0 Å². The highest BCUT2D eigenvalue weighted by Gasteiger charge is 2.37. The van der Waals surface area contributed by atoms with E-state index in [1.807, 2.05) is 19.1 Å². The lowest BCUT2D eigenvalue weighted by atomic mass is 9.80. The fourth-order valence-corrected chi connectivity index (χ4v) is 4.91. The summed E-state index contributed by atoms with van der Waals surface area (Å²) in [4.78, 5) is 31.4. The number of amides is 1. The second-order valence-electron chi connectivity index (χ2n) is 8.53. The topological polar surface area (TPSA) is 82.5 Å². The summed E-state index contributed by atoms with van der Waals surface area (Å²) in [6.07, 6.45) is 7.97. The first-order chi connectivity index (χ1) is 13.9. The molecule has 0 atom stereocenters. The van der Waals surface area contributed by atoms with E-state index in [0.29, 0.717) is 31.5 Å². The van der Waals surface area contributed by atoms with Crippen LogP contribution in [0.5, 0.6) is 0 Å². The van der Waals surface area contributed by atoms with Crippen LogP contribution in [0.2, 0.25) is 0 Å². The highest BCUT2D eigenvalue weighted by Crippen LogP contribution is 2.34. The lowest BCUT2D eigenvalue weighted by molar-refractivity contribution is -0.149. The van der Waals surface area contributed by atoms with Gasteiger partial charge in [-0.3, -0.25) is 9.59 Å². The van der Waals surface area contributed by atoms with Crippen LogP contribution in [-0.4, -0.2) is 46.9 Å². The monoisotopic (exact) mass is 419 g/mol. The van der Waals surface area contributed by atoms with Crippen molar-refractivity contribution in [2.24, 2.45) is 5.41 Å². The zero-order valence-corrected chi connectivity index (χ0v) is 18.4. The number of carboxylic acid groups (broad SMARTS) is 1. The first-order valence-electron chi connectivity index (χ1n) is 10.9. The number of piperidine rings is 1. The van der Waals surface area contributed by atoms with Gasteiger partial charge in [-0.2, -0.15) is 0 Å². The van der Waals surface area contributed by atoms with E-state index in [2.05, 4.69) is 17.1 Å². The van der Waals surface area contributed by atoms with Gasteiger partial charge in [0.15, 0.2) is 0 Å². The van der Waals surface area contributed by atoms with Crippen molar-refractivity contribution >= 4 is 29.5 Å². The Morgan fingerprint density at radius 1 is 1.24 bits per heavy atom. The molecule has 160 valence electrons. The van der Waals surface area contributed by atoms with Crippen LogP contribution in [0.3, 0.4) is 0 Å². The van der Waals surface area contributed by atoms with Gasteiger partial charge in [0.05, 0.1) is 11.0 Å². The van der Waals surface area contributed by atoms with E-state index < -0.39 is 11.4 Å².